The summed E-state index contributed by atoms with van der Waals surface area (Å²) in [7, 11) is 1.66. The van der Waals surface area contributed by atoms with Crippen molar-refractivity contribution in [2.24, 2.45) is 0 Å². The van der Waals surface area contributed by atoms with E-state index in [0.29, 0.717) is 19.8 Å². The molecule has 0 aliphatic carbocycles. The number of ether oxygens (including phenoxy) is 3. The second-order valence-corrected chi connectivity index (χ2v) is 5.72. The molecule has 6 nitrogen and oxygen atoms in total. The average Bonchev–Trinajstić information content (AvgIpc) is 3.06. The Bertz CT molecular complexity index is 626. The number of furan rings is 1. The van der Waals surface area contributed by atoms with Crippen LogP contribution in [0.5, 0.6) is 5.75 Å². The fourth-order valence-corrected chi connectivity index (χ4v) is 2.85. The van der Waals surface area contributed by atoms with Gasteiger partial charge < -0.3 is 18.6 Å². The molecule has 24 heavy (non-hydrogen) atoms. The van der Waals surface area contributed by atoms with Crippen LogP contribution in [-0.2, 0) is 22.6 Å². The molecule has 2 aromatic rings. The summed E-state index contributed by atoms with van der Waals surface area (Å²) in [5.41, 5.74) is 1.01. The van der Waals surface area contributed by atoms with Gasteiger partial charge in [-0.1, -0.05) is 0 Å². The minimum Gasteiger partial charge on any atom is -0.492 e. The van der Waals surface area contributed by atoms with E-state index in [1.807, 2.05) is 31.2 Å². The van der Waals surface area contributed by atoms with E-state index < -0.39 is 0 Å². The molecule has 0 spiro atoms. The maximum atomic E-state index is 5.90. The van der Waals surface area contributed by atoms with Gasteiger partial charge in [0, 0.05) is 20.2 Å². The van der Waals surface area contributed by atoms with Crippen LogP contribution in [0, 0.1) is 0 Å². The lowest BCUT2D eigenvalue weighted by atomic mass is 10.1. The van der Waals surface area contributed by atoms with E-state index in [4.69, 9.17) is 18.6 Å². The van der Waals surface area contributed by atoms with Gasteiger partial charge in [-0.2, -0.15) is 0 Å². The summed E-state index contributed by atoms with van der Waals surface area (Å²) >= 11 is 0. The molecule has 0 N–H and O–H groups in total. The van der Waals surface area contributed by atoms with E-state index in [-0.39, 0.29) is 6.04 Å². The molecule has 3 rings (SSSR count). The maximum absolute atomic E-state index is 5.90. The van der Waals surface area contributed by atoms with Gasteiger partial charge in [-0.05, 0) is 31.2 Å². The summed E-state index contributed by atoms with van der Waals surface area (Å²) in [6, 6.07) is 8.03. The summed E-state index contributed by atoms with van der Waals surface area (Å²) in [5.74, 6) is 2.54. The minimum absolute atomic E-state index is 0.0951. The molecule has 0 amide bonds. The lowest BCUT2D eigenvalue weighted by molar-refractivity contribution is -0.0216. The standard InChI is InChI=1S/C18H24N2O4/c1-3-23-15-5-4-14(19-10-15)11-20-8-9-22-13-17(20)18-7-6-16(24-18)12-21-2/h4-7,10,17H,3,8-9,11-13H2,1-2H3. The molecule has 2 aromatic heterocycles. The second kappa shape index (κ2) is 8.28. The SMILES string of the molecule is CCOc1ccc(CN2CCOCC2c2ccc(COC)o2)nc1. The van der Waals surface area contributed by atoms with Gasteiger partial charge in [0.1, 0.15) is 23.9 Å². The highest BCUT2D eigenvalue weighted by Gasteiger charge is 2.27. The zero-order valence-electron chi connectivity index (χ0n) is 14.2. The van der Waals surface area contributed by atoms with Crippen molar-refractivity contribution < 1.29 is 18.6 Å². The Morgan fingerprint density at radius 2 is 2.21 bits per heavy atom. The molecule has 1 aliphatic rings. The van der Waals surface area contributed by atoms with Crippen molar-refractivity contribution in [1.82, 2.24) is 9.88 Å². The molecule has 130 valence electrons. The highest BCUT2D eigenvalue weighted by Crippen LogP contribution is 2.27. The molecule has 1 saturated heterocycles. The van der Waals surface area contributed by atoms with E-state index in [0.717, 1.165) is 42.7 Å². The highest BCUT2D eigenvalue weighted by molar-refractivity contribution is 5.20. The van der Waals surface area contributed by atoms with E-state index >= 15 is 0 Å². The van der Waals surface area contributed by atoms with E-state index in [9.17, 15) is 0 Å². The van der Waals surface area contributed by atoms with Crippen molar-refractivity contribution in [2.75, 3.05) is 33.5 Å². The van der Waals surface area contributed by atoms with Gasteiger partial charge >= 0.3 is 0 Å². The van der Waals surface area contributed by atoms with Crippen molar-refractivity contribution in [3.8, 4) is 5.75 Å². The molecule has 6 heteroatoms. The van der Waals surface area contributed by atoms with Crippen molar-refractivity contribution in [1.29, 1.82) is 0 Å². The Balaban J connectivity index is 1.69. The molecule has 3 heterocycles. The number of hydrogen-bond donors (Lipinski definition) is 0. The topological polar surface area (TPSA) is 57.0 Å². The molecule has 0 saturated carbocycles. The van der Waals surface area contributed by atoms with Crippen LogP contribution >= 0.6 is 0 Å². The van der Waals surface area contributed by atoms with E-state index in [1.54, 1.807) is 13.3 Å². The Morgan fingerprint density at radius 3 is 2.96 bits per heavy atom. The summed E-state index contributed by atoms with van der Waals surface area (Å²) in [5, 5.41) is 0. The number of pyridine rings is 1. The predicted octanol–water partition coefficient (Wildman–Crippen LogP) is 2.79. The monoisotopic (exact) mass is 332 g/mol. The quantitative estimate of drug-likeness (QED) is 0.777. The third kappa shape index (κ3) is 4.14. The third-order valence-electron chi connectivity index (χ3n) is 4.01. The fraction of sp³-hybridized carbons (Fsp3) is 0.500. The van der Waals surface area contributed by atoms with Gasteiger partial charge in [0.05, 0.1) is 37.8 Å². The number of nitrogens with zero attached hydrogens (tertiary/aromatic N) is 2. The fourth-order valence-electron chi connectivity index (χ4n) is 2.85. The van der Waals surface area contributed by atoms with Gasteiger partial charge in [0.15, 0.2) is 0 Å². The third-order valence-corrected chi connectivity index (χ3v) is 4.01. The summed E-state index contributed by atoms with van der Waals surface area (Å²) in [4.78, 5) is 6.83. The zero-order chi connectivity index (χ0) is 16.8. The van der Waals surface area contributed by atoms with Crippen LogP contribution in [0.3, 0.4) is 0 Å². The van der Waals surface area contributed by atoms with E-state index in [1.165, 1.54) is 0 Å². The van der Waals surface area contributed by atoms with Gasteiger partial charge in [0.2, 0.25) is 0 Å². The van der Waals surface area contributed by atoms with Crippen molar-refractivity contribution in [3.63, 3.8) is 0 Å². The Morgan fingerprint density at radius 1 is 1.29 bits per heavy atom. The molecule has 1 aliphatic heterocycles. The minimum atomic E-state index is 0.0951. The lowest BCUT2D eigenvalue weighted by Crippen LogP contribution is -2.39. The van der Waals surface area contributed by atoms with Crippen LogP contribution < -0.4 is 4.74 Å². The number of rotatable bonds is 7. The van der Waals surface area contributed by atoms with E-state index in [2.05, 4.69) is 9.88 Å². The number of methoxy groups -OCH3 is 1. The second-order valence-electron chi connectivity index (χ2n) is 5.72. The number of aromatic nitrogens is 1. The Kier molecular flexibility index (Phi) is 5.85. The Labute approximate surface area is 142 Å². The highest BCUT2D eigenvalue weighted by atomic mass is 16.5. The number of morpholine rings is 1. The van der Waals surface area contributed by atoms with Crippen LogP contribution in [-0.4, -0.2) is 43.4 Å². The first-order chi connectivity index (χ1) is 11.8. The largest absolute Gasteiger partial charge is 0.492 e. The van der Waals surface area contributed by atoms with Crippen molar-refractivity contribution in [3.05, 3.63) is 47.7 Å². The first kappa shape index (κ1) is 17.0. The first-order valence-electron chi connectivity index (χ1n) is 8.27. The molecule has 1 atom stereocenters. The summed E-state index contributed by atoms with van der Waals surface area (Å²) in [6.07, 6.45) is 1.78. The smallest absolute Gasteiger partial charge is 0.137 e. The molecule has 0 aromatic carbocycles. The van der Waals surface area contributed by atoms with Crippen LogP contribution in [0.1, 0.15) is 30.2 Å². The Hall–Kier alpha value is -1.89. The van der Waals surface area contributed by atoms with Crippen LogP contribution in [0.2, 0.25) is 0 Å². The van der Waals surface area contributed by atoms with Crippen LogP contribution in [0.25, 0.3) is 0 Å². The normalized spacial score (nSPS) is 18.7. The predicted molar refractivity (Wildman–Crippen MR) is 88.8 cm³/mol. The molecule has 1 fully saturated rings. The van der Waals surface area contributed by atoms with Gasteiger partial charge in [-0.25, -0.2) is 0 Å². The molecule has 1 unspecified atom stereocenters. The first-order valence-corrected chi connectivity index (χ1v) is 8.27. The van der Waals surface area contributed by atoms with Gasteiger partial charge in [-0.3, -0.25) is 9.88 Å². The lowest BCUT2D eigenvalue weighted by Gasteiger charge is -2.34. The van der Waals surface area contributed by atoms with Gasteiger partial charge in [-0.15, -0.1) is 0 Å². The van der Waals surface area contributed by atoms with Gasteiger partial charge in [0.25, 0.3) is 0 Å². The van der Waals surface area contributed by atoms with Crippen LogP contribution in [0.15, 0.2) is 34.9 Å². The molecular weight excluding hydrogens is 308 g/mol. The molecular formula is C18H24N2O4. The maximum Gasteiger partial charge on any atom is 0.137 e. The number of hydrogen-bond acceptors (Lipinski definition) is 6. The molecule has 0 bridgehead atoms. The summed E-state index contributed by atoms with van der Waals surface area (Å²) in [6.45, 7) is 6.03. The van der Waals surface area contributed by atoms with Crippen molar-refractivity contribution in [2.45, 2.75) is 26.1 Å². The zero-order valence-corrected chi connectivity index (χ0v) is 14.2. The van der Waals surface area contributed by atoms with Crippen LogP contribution in [0.4, 0.5) is 0 Å². The molecule has 0 radical (unpaired) electrons. The summed E-state index contributed by atoms with van der Waals surface area (Å²) < 4.78 is 22.1. The average molecular weight is 332 g/mol. The van der Waals surface area contributed by atoms with Crippen molar-refractivity contribution >= 4 is 0 Å².